The fourth-order valence-corrected chi connectivity index (χ4v) is 1.99. The van der Waals surface area contributed by atoms with E-state index in [4.69, 9.17) is 16.0 Å². The monoisotopic (exact) mass is 277 g/mol. The number of benzene rings is 1. The van der Waals surface area contributed by atoms with Gasteiger partial charge in [0, 0.05) is 5.69 Å². The van der Waals surface area contributed by atoms with Crippen molar-refractivity contribution in [2.24, 2.45) is 0 Å². The molecule has 2 aromatic rings. The van der Waals surface area contributed by atoms with Gasteiger partial charge in [0.05, 0.1) is 5.38 Å². The first-order valence-corrected chi connectivity index (χ1v) is 6.54. The van der Waals surface area contributed by atoms with E-state index >= 15 is 0 Å². The van der Waals surface area contributed by atoms with Gasteiger partial charge in [0.25, 0.3) is 5.91 Å². The number of halogens is 1. The highest BCUT2D eigenvalue weighted by molar-refractivity contribution is 6.20. The predicted octanol–water partition coefficient (Wildman–Crippen LogP) is 4.45. The summed E-state index contributed by atoms with van der Waals surface area (Å²) in [6.07, 6.45) is 0. The van der Waals surface area contributed by atoms with E-state index in [-0.39, 0.29) is 17.0 Å². The van der Waals surface area contributed by atoms with Gasteiger partial charge in [0.15, 0.2) is 5.76 Å². The maximum absolute atomic E-state index is 12.1. The zero-order valence-electron chi connectivity index (χ0n) is 11.2. The summed E-state index contributed by atoms with van der Waals surface area (Å²) in [4.78, 5) is 12.1. The minimum atomic E-state index is -0.263. The second-order valence-corrected chi connectivity index (χ2v) is 5.19. The van der Waals surface area contributed by atoms with Gasteiger partial charge in [0.1, 0.15) is 5.76 Å². The molecule has 0 aliphatic heterocycles. The van der Waals surface area contributed by atoms with E-state index in [0.717, 1.165) is 16.8 Å². The molecule has 1 atom stereocenters. The zero-order valence-corrected chi connectivity index (χ0v) is 11.9. The topological polar surface area (TPSA) is 42.2 Å². The van der Waals surface area contributed by atoms with E-state index < -0.39 is 0 Å². The van der Waals surface area contributed by atoms with Gasteiger partial charge >= 0.3 is 0 Å². The summed E-state index contributed by atoms with van der Waals surface area (Å²) in [5, 5.41) is 2.62. The van der Waals surface area contributed by atoms with E-state index in [0.29, 0.717) is 5.76 Å². The van der Waals surface area contributed by atoms with E-state index in [1.165, 1.54) is 0 Å². The summed E-state index contributed by atoms with van der Waals surface area (Å²) in [7, 11) is 0. The van der Waals surface area contributed by atoms with Gasteiger partial charge in [0.2, 0.25) is 0 Å². The third-order valence-corrected chi connectivity index (χ3v) is 3.18. The van der Waals surface area contributed by atoms with Crippen molar-refractivity contribution in [3.05, 3.63) is 53.0 Å². The quantitative estimate of drug-likeness (QED) is 0.842. The van der Waals surface area contributed by atoms with Crippen molar-refractivity contribution in [3.63, 3.8) is 0 Å². The molecule has 1 N–H and O–H groups in total. The maximum Gasteiger partial charge on any atom is 0.291 e. The molecule has 0 bridgehead atoms. The number of anilines is 1. The molecule has 0 radical (unpaired) electrons. The standard InChI is InChI=1S/C15H16ClNO2/c1-9-5-4-6-10(2)14(9)17-15(18)13-8-7-12(19-13)11(3)16/h4-8,11H,1-3H3,(H,17,18). The van der Waals surface area contributed by atoms with Crippen LogP contribution in [0.2, 0.25) is 0 Å². The van der Waals surface area contributed by atoms with Crippen LogP contribution in [0.4, 0.5) is 5.69 Å². The lowest BCUT2D eigenvalue weighted by atomic mass is 10.1. The number of rotatable bonds is 3. The molecule has 1 unspecified atom stereocenters. The average Bonchev–Trinajstić information content (AvgIpc) is 2.83. The Balaban J connectivity index is 2.21. The number of nitrogens with one attached hydrogen (secondary N) is 1. The van der Waals surface area contributed by atoms with Gasteiger partial charge in [-0.2, -0.15) is 0 Å². The molecule has 1 amide bonds. The summed E-state index contributed by atoms with van der Waals surface area (Å²) < 4.78 is 5.41. The zero-order chi connectivity index (χ0) is 14.0. The number of carbonyl (C=O) groups is 1. The van der Waals surface area contributed by atoms with Crippen molar-refractivity contribution in [1.29, 1.82) is 0 Å². The van der Waals surface area contributed by atoms with Crippen molar-refractivity contribution in [2.75, 3.05) is 5.32 Å². The Morgan fingerprint density at radius 3 is 2.37 bits per heavy atom. The van der Waals surface area contributed by atoms with E-state index in [1.807, 2.05) is 32.0 Å². The number of alkyl halides is 1. The lowest BCUT2D eigenvalue weighted by molar-refractivity contribution is 0.0995. The number of hydrogen-bond donors (Lipinski definition) is 1. The van der Waals surface area contributed by atoms with Crippen LogP contribution < -0.4 is 5.32 Å². The highest BCUT2D eigenvalue weighted by atomic mass is 35.5. The van der Waals surface area contributed by atoms with Crippen LogP contribution in [0.15, 0.2) is 34.7 Å². The minimum absolute atomic E-state index is 0.248. The fraction of sp³-hybridized carbons (Fsp3) is 0.267. The van der Waals surface area contributed by atoms with E-state index in [2.05, 4.69) is 5.32 Å². The van der Waals surface area contributed by atoms with Crippen molar-refractivity contribution in [3.8, 4) is 0 Å². The smallest absolute Gasteiger partial charge is 0.291 e. The van der Waals surface area contributed by atoms with Crippen LogP contribution in [0.1, 0.15) is 39.7 Å². The van der Waals surface area contributed by atoms with Crippen LogP contribution >= 0.6 is 11.6 Å². The molecule has 4 heteroatoms. The SMILES string of the molecule is Cc1cccc(C)c1NC(=O)c1ccc(C(C)Cl)o1. The minimum Gasteiger partial charge on any atom is -0.454 e. The highest BCUT2D eigenvalue weighted by Crippen LogP contribution is 2.24. The van der Waals surface area contributed by atoms with Crippen LogP contribution in [0.3, 0.4) is 0 Å². The van der Waals surface area contributed by atoms with Crippen LogP contribution in [-0.2, 0) is 0 Å². The molecule has 100 valence electrons. The molecule has 0 fully saturated rings. The number of hydrogen-bond acceptors (Lipinski definition) is 2. The normalized spacial score (nSPS) is 12.2. The molecule has 0 aliphatic carbocycles. The number of amides is 1. The van der Waals surface area contributed by atoms with Gasteiger partial charge in [-0.3, -0.25) is 4.79 Å². The van der Waals surface area contributed by atoms with E-state index in [1.54, 1.807) is 19.1 Å². The Kier molecular flexibility index (Phi) is 3.96. The first-order chi connectivity index (χ1) is 8.99. The molecule has 0 aliphatic rings. The number of para-hydroxylation sites is 1. The summed E-state index contributed by atoms with van der Waals surface area (Å²) in [5.41, 5.74) is 2.86. The summed E-state index contributed by atoms with van der Waals surface area (Å²) in [6, 6.07) is 9.23. The Labute approximate surface area is 117 Å². The van der Waals surface area contributed by atoms with Gasteiger partial charge < -0.3 is 9.73 Å². The van der Waals surface area contributed by atoms with Crippen LogP contribution in [0, 0.1) is 13.8 Å². The Hall–Kier alpha value is -1.74. The summed E-state index contributed by atoms with van der Waals surface area (Å²) in [5.74, 6) is 0.597. The number of carbonyl (C=O) groups excluding carboxylic acids is 1. The third kappa shape index (κ3) is 2.99. The first-order valence-electron chi connectivity index (χ1n) is 6.10. The van der Waals surface area contributed by atoms with Crippen LogP contribution in [-0.4, -0.2) is 5.91 Å². The predicted molar refractivity (Wildman–Crippen MR) is 76.8 cm³/mol. The van der Waals surface area contributed by atoms with Gasteiger partial charge in [-0.25, -0.2) is 0 Å². The van der Waals surface area contributed by atoms with Crippen molar-refractivity contribution in [1.82, 2.24) is 0 Å². The van der Waals surface area contributed by atoms with Crippen LogP contribution in [0.5, 0.6) is 0 Å². The Morgan fingerprint density at radius 1 is 1.21 bits per heavy atom. The first kappa shape index (κ1) is 13.7. The number of aryl methyl sites for hydroxylation is 2. The molecule has 2 rings (SSSR count). The second-order valence-electron chi connectivity index (χ2n) is 4.54. The van der Waals surface area contributed by atoms with Crippen LogP contribution in [0.25, 0.3) is 0 Å². The molecule has 0 spiro atoms. The fourth-order valence-electron chi connectivity index (χ4n) is 1.88. The summed E-state index contributed by atoms with van der Waals surface area (Å²) in [6.45, 7) is 5.71. The highest BCUT2D eigenvalue weighted by Gasteiger charge is 2.15. The van der Waals surface area contributed by atoms with Crippen molar-refractivity contribution < 1.29 is 9.21 Å². The molecule has 0 saturated carbocycles. The van der Waals surface area contributed by atoms with Gasteiger partial charge in [-0.15, -0.1) is 11.6 Å². The lowest BCUT2D eigenvalue weighted by Gasteiger charge is -2.10. The van der Waals surface area contributed by atoms with Gasteiger partial charge in [-0.1, -0.05) is 18.2 Å². The maximum atomic E-state index is 12.1. The molecular formula is C15H16ClNO2. The molecule has 1 aromatic heterocycles. The molecule has 1 heterocycles. The molecular weight excluding hydrogens is 262 g/mol. The molecule has 0 saturated heterocycles. The van der Waals surface area contributed by atoms with E-state index in [9.17, 15) is 4.79 Å². The lowest BCUT2D eigenvalue weighted by Crippen LogP contribution is -2.12. The molecule has 19 heavy (non-hydrogen) atoms. The molecule has 3 nitrogen and oxygen atoms in total. The Morgan fingerprint density at radius 2 is 1.84 bits per heavy atom. The third-order valence-electron chi connectivity index (χ3n) is 2.96. The second kappa shape index (κ2) is 5.49. The average molecular weight is 278 g/mol. The Bertz CT molecular complexity index is 582. The largest absolute Gasteiger partial charge is 0.454 e. The molecule has 1 aromatic carbocycles. The van der Waals surface area contributed by atoms with Crippen molar-refractivity contribution >= 4 is 23.2 Å². The van der Waals surface area contributed by atoms with Crippen molar-refractivity contribution in [2.45, 2.75) is 26.1 Å². The van der Waals surface area contributed by atoms with Gasteiger partial charge in [-0.05, 0) is 44.0 Å². The number of furan rings is 1. The summed E-state index contributed by atoms with van der Waals surface area (Å²) >= 11 is 5.91.